The van der Waals surface area contributed by atoms with Gasteiger partial charge in [-0.15, -0.1) is 0 Å². The van der Waals surface area contributed by atoms with Crippen molar-refractivity contribution >= 4 is 0 Å². The van der Waals surface area contributed by atoms with Gasteiger partial charge in [-0.05, 0) is 53.6 Å². The Morgan fingerprint density at radius 2 is 1.36 bits per heavy atom. The number of hydrogen-bond donors (Lipinski definition) is 9. The zero-order valence-electron chi connectivity index (χ0n) is 23.2. The molecule has 3 aliphatic rings. The summed E-state index contributed by atoms with van der Waals surface area (Å²) in [5.74, 6) is 0. The standard InChI is InChI=1S/C23H46N8O8/c1-25-8-14-13(32)7-12(28-4)22(36-14)38-20-10(26-2)6-11(27-3)21(19(20)35)39-23-18(34)16(29-5)17(33)15(37-23)9-30-31-24/h10-23,25-29,32-35H,6-9H2,1-5H3. The molecule has 0 aromatic rings. The molecule has 0 radical (unpaired) electrons. The first-order chi connectivity index (χ1) is 18.7. The van der Waals surface area contributed by atoms with Crippen LogP contribution in [0.3, 0.4) is 0 Å². The van der Waals surface area contributed by atoms with Gasteiger partial charge in [0, 0.05) is 23.5 Å². The SMILES string of the molecule is CNCC1OC(OC2C(NC)CC(NC)C(OC3OC(CN=[N+]=[N-])C(O)C(NC)C3O)C2O)C(NC)CC1O. The van der Waals surface area contributed by atoms with Crippen LogP contribution in [0.2, 0.25) is 0 Å². The Labute approximate surface area is 228 Å². The van der Waals surface area contributed by atoms with Gasteiger partial charge in [0.1, 0.15) is 24.4 Å². The minimum Gasteiger partial charge on any atom is -0.390 e. The van der Waals surface area contributed by atoms with Crippen LogP contribution in [0.1, 0.15) is 12.8 Å². The lowest BCUT2D eigenvalue weighted by Gasteiger charge is -2.49. The van der Waals surface area contributed by atoms with Gasteiger partial charge in [-0.25, -0.2) is 0 Å². The number of nitrogens with zero attached hydrogens (tertiary/aromatic N) is 3. The van der Waals surface area contributed by atoms with E-state index in [9.17, 15) is 20.4 Å². The summed E-state index contributed by atoms with van der Waals surface area (Å²) in [6, 6.07) is -1.78. The third kappa shape index (κ3) is 7.36. The highest BCUT2D eigenvalue weighted by atomic mass is 16.7. The summed E-state index contributed by atoms with van der Waals surface area (Å²) in [4.78, 5) is 2.73. The van der Waals surface area contributed by atoms with Gasteiger partial charge >= 0.3 is 0 Å². The first-order valence-electron chi connectivity index (χ1n) is 13.4. The largest absolute Gasteiger partial charge is 0.390 e. The molecular weight excluding hydrogens is 516 g/mol. The quantitative estimate of drug-likeness (QED) is 0.0635. The Hall–Kier alpha value is -1.21. The molecule has 1 saturated carbocycles. The van der Waals surface area contributed by atoms with Crippen LogP contribution in [0.4, 0.5) is 0 Å². The second-order valence-corrected chi connectivity index (χ2v) is 10.3. The average Bonchev–Trinajstić information content (AvgIpc) is 2.93. The maximum absolute atomic E-state index is 11.6. The molecule has 9 N–H and O–H groups in total. The highest BCUT2D eigenvalue weighted by Gasteiger charge is 2.51. The van der Waals surface area contributed by atoms with Gasteiger partial charge < -0.3 is 66.0 Å². The van der Waals surface area contributed by atoms with Crippen LogP contribution in [-0.2, 0) is 18.9 Å². The molecule has 16 heteroatoms. The summed E-state index contributed by atoms with van der Waals surface area (Å²) in [6.07, 6.45) is -8.47. The fourth-order valence-corrected chi connectivity index (χ4v) is 5.73. The van der Waals surface area contributed by atoms with E-state index in [0.29, 0.717) is 19.4 Å². The van der Waals surface area contributed by atoms with E-state index in [0.717, 1.165) is 0 Å². The summed E-state index contributed by atoms with van der Waals surface area (Å²) in [7, 11) is 8.63. The van der Waals surface area contributed by atoms with Crippen LogP contribution >= 0.6 is 0 Å². The Kier molecular flexibility index (Phi) is 12.5. The van der Waals surface area contributed by atoms with Gasteiger partial charge in [-0.1, -0.05) is 5.11 Å². The molecule has 0 aromatic carbocycles. The zero-order valence-corrected chi connectivity index (χ0v) is 23.2. The minimum absolute atomic E-state index is 0.164. The van der Waals surface area contributed by atoms with E-state index < -0.39 is 67.5 Å². The molecule has 2 heterocycles. The Balaban J connectivity index is 1.81. The molecule has 0 amide bonds. The number of nitrogens with one attached hydrogen (secondary N) is 5. The van der Waals surface area contributed by atoms with Gasteiger partial charge in [0.25, 0.3) is 0 Å². The van der Waals surface area contributed by atoms with Crippen molar-refractivity contribution in [2.75, 3.05) is 48.3 Å². The number of rotatable bonds is 12. The van der Waals surface area contributed by atoms with Crippen molar-refractivity contribution < 1.29 is 39.4 Å². The molecular formula is C23H46N8O8. The molecule has 1 aliphatic carbocycles. The van der Waals surface area contributed by atoms with E-state index in [1.807, 2.05) is 0 Å². The van der Waals surface area contributed by atoms with E-state index in [1.165, 1.54) is 0 Å². The fraction of sp³-hybridized carbons (Fsp3) is 1.00. The van der Waals surface area contributed by atoms with E-state index in [1.54, 1.807) is 35.2 Å². The summed E-state index contributed by atoms with van der Waals surface area (Å²) in [5, 5.41) is 62.5. The average molecular weight is 563 g/mol. The maximum atomic E-state index is 11.6. The molecule has 14 atom stereocenters. The number of azide groups is 1. The smallest absolute Gasteiger partial charge is 0.186 e. The lowest BCUT2D eigenvalue weighted by Crippen LogP contribution is -2.69. The summed E-state index contributed by atoms with van der Waals surface area (Å²) < 4.78 is 24.5. The van der Waals surface area contributed by atoms with Crippen LogP contribution in [0.5, 0.6) is 0 Å². The molecule has 3 rings (SSSR count). The number of hydrogen-bond acceptors (Lipinski definition) is 14. The topological polar surface area (TPSA) is 227 Å². The molecule has 2 saturated heterocycles. The molecule has 226 valence electrons. The van der Waals surface area contributed by atoms with E-state index in [-0.39, 0.29) is 24.7 Å². The molecule has 2 aliphatic heterocycles. The predicted molar refractivity (Wildman–Crippen MR) is 140 cm³/mol. The lowest BCUT2D eigenvalue weighted by atomic mass is 9.83. The van der Waals surface area contributed by atoms with Gasteiger partial charge in [0.2, 0.25) is 0 Å². The van der Waals surface area contributed by atoms with E-state index in [2.05, 4.69) is 36.6 Å². The number of likely N-dealkylation sites (N-methyl/N-ethyl adjacent to an activating group) is 5. The third-order valence-electron chi connectivity index (χ3n) is 8.00. The van der Waals surface area contributed by atoms with Crippen LogP contribution in [0, 0.1) is 0 Å². The lowest BCUT2D eigenvalue weighted by molar-refractivity contribution is -0.315. The van der Waals surface area contributed by atoms with Crippen LogP contribution in [-0.4, -0.2) is 154 Å². The van der Waals surface area contributed by atoms with Gasteiger partial charge in [-0.2, -0.15) is 0 Å². The molecule has 0 spiro atoms. The molecule has 3 fully saturated rings. The molecule has 16 nitrogen and oxygen atoms in total. The van der Waals surface area contributed by atoms with Gasteiger partial charge in [0.05, 0.1) is 43.0 Å². The molecule has 0 aromatic heterocycles. The second-order valence-electron chi connectivity index (χ2n) is 10.3. The number of aliphatic hydroxyl groups excluding tert-OH is 4. The van der Waals surface area contributed by atoms with E-state index >= 15 is 0 Å². The molecule has 0 bridgehead atoms. The number of aliphatic hydroxyl groups is 4. The van der Waals surface area contributed by atoms with Crippen LogP contribution in [0.15, 0.2) is 5.11 Å². The van der Waals surface area contributed by atoms with Crippen molar-refractivity contribution in [1.82, 2.24) is 26.6 Å². The van der Waals surface area contributed by atoms with Crippen molar-refractivity contribution in [2.45, 2.75) is 98.4 Å². The first-order valence-corrected chi connectivity index (χ1v) is 13.4. The molecule has 39 heavy (non-hydrogen) atoms. The van der Waals surface area contributed by atoms with Gasteiger partial charge in [-0.3, -0.25) is 0 Å². The Morgan fingerprint density at radius 3 is 1.90 bits per heavy atom. The predicted octanol–water partition coefficient (Wildman–Crippen LogP) is -3.67. The summed E-state index contributed by atoms with van der Waals surface area (Å²) in [6.45, 7) is 0.267. The van der Waals surface area contributed by atoms with Crippen molar-refractivity contribution in [2.24, 2.45) is 5.11 Å². The van der Waals surface area contributed by atoms with Gasteiger partial charge in [0.15, 0.2) is 12.6 Å². The maximum Gasteiger partial charge on any atom is 0.186 e. The van der Waals surface area contributed by atoms with Crippen molar-refractivity contribution in [3.8, 4) is 0 Å². The van der Waals surface area contributed by atoms with Crippen molar-refractivity contribution in [3.05, 3.63) is 10.4 Å². The van der Waals surface area contributed by atoms with Crippen molar-refractivity contribution in [3.63, 3.8) is 0 Å². The Bertz CT molecular complexity index is 797. The monoisotopic (exact) mass is 562 g/mol. The summed E-state index contributed by atoms with van der Waals surface area (Å²) in [5.41, 5.74) is 8.73. The van der Waals surface area contributed by atoms with Crippen LogP contribution < -0.4 is 26.6 Å². The third-order valence-corrected chi connectivity index (χ3v) is 8.00. The normalized spacial score (nSPS) is 45.1. The number of ether oxygens (including phenoxy) is 4. The Morgan fingerprint density at radius 1 is 0.769 bits per heavy atom. The highest BCUT2D eigenvalue weighted by Crippen LogP contribution is 2.32. The fourth-order valence-electron chi connectivity index (χ4n) is 5.73. The minimum atomic E-state index is -1.28. The zero-order chi connectivity index (χ0) is 28.7. The summed E-state index contributed by atoms with van der Waals surface area (Å²) >= 11 is 0. The molecule has 14 unspecified atom stereocenters. The second kappa shape index (κ2) is 15.1. The van der Waals surface area contributed by atoms with Crippen LogP contribution in [0.25, 0.3) is 10.4 Å². The highest BCUT2D eigenvalue weighted by molar-refractivity contribution is 5.03. The first kappa shape index (κ1) is 32.3. The van der Waals surface area contributed by atoms with Crippen molar-refractivity contribution in [1.29, 1.82) is 0 Å². The van der Waals surface area contributed by atoms with E-state index in [4.69, 9.17) is 24.5 Å².